The summed E-state index contributed by atoms with van der Waals surface area (Å²) in [6.07, 6.45) is 1.66. The zero-order valence-corrected chi connectivity index (χ0v) is 19.3. The molecule has 0 aromatic heterocycles. The maximum Gasteiger partial charge on any atom is 0.312 e. The number of ketones is 1. The number of fused-ring (bicyclic) bond motifs is 3. The van der Waals surface area contributed by atoms with Gasteiger partial charge >= 0.3 is 5.97 Å². The van der Waals surface area contributed by atoms with E-state index < -0.39 is 5.92 Å². The van der Waals surface area contributed by atoms with Crippen LogP contribution in [0.1, 0.15) is 39.4 Å². The van der Waals surface area contributed by atoms with E-state index in [4.69, 9.17) is 23.7 Å². The van der Waals surface area contributed by atoms with Crippen molar-refractivity contribution in [1.29, 1.82) is 0 Å². The van der Waals surface area contributed by atoms with E-state index in [1.807, 2.05) is 0 Å². The molecule has 0 fully saturated rings. The van der Waals surface area contributed by atoms with Gasteiger partial charge in [0.15, 0.2) is 17.3 Å². The molecule has 178 valence electrons. The Hall–Kier alpha value is -4.46. The zero-order valence-electron chi connectivity index (χ0n) is 19.3. The Balaban J connectivity index is 1.60. The number of Topliss-reactive ketones (excluding diaryl/α,β-unsaturated/α-hetero) is 1. The molecule has 0 bridgehead atoms. The average molecular weight is 474 g/mol. The molecular weight excluding hydrogens is 452 g/mol. The van der Waals surface area contributed by atoms with Crippen LogP contribution in [0.2, 0.25) is 0 Å². The van der Waals surface area contributed by atoms with Gasteiger partial charge in [-0.2, -0.15) is 0 Å². The lowest BCUT2D eigenvalue weighted by Crippen LogP contribution is -2.21. The molecule has 8 heteroatoms. The van der Waals surface area contributed by atoms with Gasteiger partial charge in [-0.1, -0.05) is 12.1 Å². The van der Waals surface area contributed by atoms with Crippen LogP contribution in [0.25, 0.3) is 6.08 Å². The SMILES string of the molecule is COc1cc(OC)c(OC)cc1/C=C1/Oc2c(ccc3c2[C@@H](c2ccc(O)cc2)CC(=O)O3)C1=O. The summed E-state index contributed by atoms with van der Waals surface area (Å²) < 4.78 is 27.8. The van der Waals surface area contributed by atoms with Crippen LogP contribution in [0.3, 0.4) is 0 Å². The second-order valence-electron chi connectivity index (χ2n) is 8.07. The third kappa shape index (κ3) is 3.82. The fraction of sp³-hybridized carbons (Fsp3) is 0.185. The fourth-order valence-corrected chi connectivity index (χ4v) is 4.40. The van der Waals surface area contributed by atoms with Crippen molar-refractivity contribution in [2.24, 2.45) is 0 Å². The highest BCUT2D eigenvalue weighted by Gasteiger charge is 2.38. The van der Waals surface area contributed by atoms with Gasteiger partial charge in [0.2, 0.25) is 5.78 Å². The molecule has 1 N–H and O–H groups in total. The van der Waals surface area contributed by atoms with E-state index >= 15 is 0 Å². The lowest BCUT2D eigenvalue weighted by Gasteiger charge is -2.26. The predicted molar refractivity (Wildman–Crippen MR) is 126 cm³/mol. The highest BCUT2D eigenvalue weighted by atomic mass is 16.5. The minimum Gasteiger partial charge on any atom is -0.508 e. The number of carbonyl (C=O) groups is 2. The van der Waals surface area contributed by atoms with Gasteiger partial charge in [-0.15, -0.1) is 0 Å². The van der Waals surface area contributed by atoms with Crippen molar-refractivity contribution in [1.82, 2.24) is 0 Å². The molecule has 0 spiro atoms. The lowest BCUT2D eigenvalue weighted by atomic mass is 9.84. The van der Waals surface area contributed by atoms with Gasteiger partial charge in [-0.05, 0) is 42.0 Å². The summed E-state index contributed by atoms with van der Waals surface area (Å²) in [6, 6.07) is 13.2. The van der Waals surface area contributed by atoms with Crippen molar-refractivity contribution in [3.8, 4) is 34.5 Å². The van der Waals surface area contributed by atoms with E-state index in [9.17, 15) is 14.7 Å². The highest BCUT2D eigenvalue weighted by molar-refractivity contribution is 6.15. The van der Waals surface area contributed by atoms with Crippen molar-refractivity contribution in [2.75, 3.05) is 21.3 Å². The Kier molecular flexibility index (Phi) is 5.56. The summed E-state index contributed by atoms with van der Waals surface area (Å²) in [5.74, 6) is 1.25. The molecule has 0 radical (unpaired) electrons. The minimum atomic E-state index is -0.399. The predicted octanol–water partition coefficient (Wildman–Crippen LogP) is 4.48. The standard InChI is InChI=1S/C27H22O8/c1-31-20-13-22(33-3)21(32-2)10-15(20)11-23-26(30)17-8-9-19-25(27(17)35-23)18(12-24(29)34-19)14-4-6-16(28)7-5-14/h4-11,13,18,28H,12H2,1-3H3/b23-11+/t18-/m1/s1. The minimum absolute atomic E-state index is 0.0777. The van der Waals surface area contributed by atoms with Crippen LogP contribution >= 0.6 is 0 Å². The van der Waals surface area contributed by atoms with Crippen molar-refractivity contribution in [3.05, 3.63) is 76.5 Å². The Morgan fingerprint density at radius 3 is 2.26 bits per heavy atom. The Morgan fingerprint density at radius 2 is 1.57 bits per heavy atom. The molecule has 0 unspecified atom stereocenters. The molecule has 0 aliphatic carbocycles. The van der Waals surface area contributed by atoms with E-state index in [0.29, 0.717) is 45.4 Å². The molecule has 0 amide bonds. The average Bonchev–Trinajstić information content (AvgIpc) is 3.18. The summed E-state index contributed by atoms with van der Waals surface area (Å²) in [4.78, 5) is 25.6. The molecule has 35 heavy (non-hydrogen) atoms. The van der Waals surface area contributed by atoms with E-state index in [2.05, 4.69) is 0 Å². The summed E-state index contributed by atoms with van der Waals surface area (Å²) in [7, 11) is 4.56. The number of methoxy groups -OCH3 is 3. The molecule has 2 aliphatic rings. The number of benzene rings is 3. The van der Waals surface area contributed by atoms with Gasteiger partial charge < -0.3 is 28.8 Å². The fourth-order valence-electron chi connectivity index (χ4n) is 4.40. The second-order valence-corrected chi connectivity index (χ2v) is 8.07. The first-order chi connectivity index (χ1) is 16.9. The maximum absolute atomic E-state index is 13.3. The van der Waals surface area contributed by atoms with E-state index in [0.717, 1.165) is 5.56 Å². The van der Waals surface area contributed by atoms with Crippen LogP contribution < -0.4 is 23.7 Å². The summed E-state index contributed by atoms with van der Waals surface area (Å²) in [5.41, 5.74) is 2.35. The number of aromatic hydroxyl groups is 1. The van der Waals surface area contributed by atoms with E-state index in [1.54, 1.807) is 54.6 Å². The quantitative estimate of drug-likeness (QED) is 0.328. The molecule has 0 saturated heterocycles. The number of allylic oxidation sites excluding steroid dienone is 1. The molecule has 8 nitrogen and oxygen atoms in total. The van der Waals surface area contributed by atoms with Gasteiger partial charge in [0.1, 0.15) is 23.0 Å². The summed E-state index contributed by atoms with van der Waals surface area (Å²) >= 11 is 0. The van der Waals surface area contributed by atoms with Crippen LogP contribution in [-0.4, -0.2) is 38.2 Å². The third-order valence-electron chi connectivity index (χ3n) is 6.10. The first kappa shape index (κ1) is 22.3. The van der Waals surface area contributed by atoms with Gasteiger partial charge in [-0.25, -0.2) is 0 Å². The van der Waals surface area contributed by atoms with E-state index in [1.165, 1.54) is 21.3 Å². The normalized spacial score (nSPS) is 17.3. The molecular formula is C27H22O8. The number of carbonyl (C=O) groups excluding carboxylic acids is 2. The van der Waals surface area contributed by atoms with Crippen molar-refractivity contribution < 1.29 is 38.4 Å². The monoisotopic (exact) mass is 474 g/mol. The molecule has 0 saturated carbocycles. The number of hydrogen-bond donors (Lipinski definition) is 1. The first-order valence-electron chi connectivity index (χ1n) is 10.8. The Morgan fingerprint density at radius 1 is 0.886 bits per heavy atom. The number of phenolic OH excluding ortho intramolecular Hbond substituents is 1. The maximum atomic E-state index is 13.3. The summed E-state index contributed by atoms with van der Waals surface area (Å²) in [5, 5.41) is 9.68. The Bertz CT molecular complexity index is 1370. The van der Waals surface area contributed by atoms with Crippen LogP contribution in [0.5, 0.6) is 34.5 Å². The number of esters is 1. The van der Waals surface area contributed by atoms with Gasteiger partial charge in [0.05, 0.1) is 33.3 Å². The molecule has 1 atom stereocenters. The van der Waals surface area contributed by atoms with Crippen molar-refractivity contribution >= 4 is 17.8 Å². The lowest BCUT2D eigenvalue weighted by molar-refractivity contribution is -0.135. The van der Waals surface area contributed by atoms with Gasteiger partial charge in [0.25, 0.3) is 0 Å². The Labute approximate surface area is 201 Å². The highest BCUT2D eigenvalue weighted by Crippen LogP contribution is 2.49. The topological polar surface area (TPSA) is 101 Å². The molecule has 2 heterocycles. The largest absolute Gasteiger partial charge is 0.508 e. The van der Waals surface area contributed by atoms with Crippen LogP contribution in [0.15, 0.2) is 54.3 Å². The second kappa shape index (κ2) is 8.72. The van der Waals surface area contributed by atoms with Gasteiger partial charge in [0, 0.05) is 23.1 Å². The summed E-state index contributed by atoms with van der Waals surface area (Å²) in [6.45, 7) is 0. The third-order valence-corrected chi connectivity index (χ3v) is 6.10. The molecule has 5 rings (SSSR count). The number of ether oxygens (including phenoxy) is 5. The number of rotatable bonds is 5. The van der Waals surface area contributed by atoms with Crippen LogP contribution in [-0.2, 0) is 4.79 Å². The van der Waals surface area contributed by atoms with Crippen molar-refractivity contribution in [2.45, 2.75) is 12.3 Å². The van der Waals surface area contributed by atoms with Crippen LogP contribution in [0.4, 0.5) is 0 Å². The van der Waals surface area contributed by atoms with Gasteiger partial charge in [-0.3, -0.25) is 9.59 Å². The first-order valence-corrected chi connectivity index (χ1v) is 10.8. The van der Waals surface area contributed by atoms with Crippen molar-refractivity contribution in [3.63, 3.8) is 0 Å². The van der Waals surface area contributed by atoms with E-state index in [-0.39, 0.29) is 29.7 Å². The molecule has 2 aliphatic heterocycles. The molecule has 3 aromatic carbocycles. The molecule has 3 aromatic rings. The number of phenols is 1. The zero-order chi connectivity index (χ0) is 24.7. The number of hydrogen-bond acceptors (Lipinski definition) is 8. The van der Waals surface area contributed by atoms with Crippen LogP contribution in [0, 0.1) is 0 Å². The smallest absolute Gasteiger partial charge is 0.312 e.